The minimum Gasteiger partial charge on any atom is -0.484 e. The van der Waals surface area contributed by atoms with Crippen molar-refractivity contribution < 1.29 is 36.5 Å². The Kier molecular flexibility index (Phi) is 6.67. The number of nitro benzene ring substituents is 1. The van der Waals surface area contributed by atoms with Crippen molar-refractivity contribution in [2.45, 2.75) is 24.9 Å². The van der Waals surface area contributed by atoms with Gasteiger partial charge in [0.1, 0.15) is 17.1 Å². The first-order valence-corrected chi connectivity index (χ1v) is 10.5. The summed E-state index contributed by atoms with van der Waals surface area (Å²) in [4.78, 5) is 29.5. The van der Waals surface area contributed by atoms with Crippen LogP contribution < -0.4 is 4.74 Å². The van der Waals surface area contributed by atoms with E-state index in [4.69, 9.17) is 4.52 Å². The summed E-state index contributed by atoms with van der Waals surface area (Å²) >= 11 is 0. The standard InChI is InChI=1S/C22H18F4N4O5/c23-15-5-1-3-13(9-15)19-27-20(35-28-19)14-4-2-8-29(11-14)21(31)17-10-16(34-12-22(24,25)26)6-7-18(17)30(32)33/h1,3,5-7,9-10,14H,2,4,8,11-12H2. The number of halogens is 4. The van der Waals surface area contributed by atoms with E-state index in [1.165, 1.54) is 23.1 Å². The van der Waals surface area contributed by atoms with Crippen LogP contribution >= 0.6 is 0 Å². The summed E-state index contributed by atoms with van der Waals surface area (Å²) in [5.41, 5.74) is -0.529. The molecule has 0 radical (unpaired) electrons. The van der Waals surface area contributed by atoms with E-state index < -0.39 is 35.1 Å². The van der Waals surface area contributed by atoms with Gasteiger partial charge < -0.3 is 14.2 Å². The molecule has 1 fully saturated rings. The van der Waals surface area contributed by atoms with E-state index in [2.05, 4.69) is 14.9 Å². The first-order chi connectivity index (χ1) is 16.6. The van der Waals surface area contributed by atoms with E-state index in [0.717, 1.165) is 18.2 Å². The Morgan fingerprint density at radius 3 is 2.77 bits per heavy atom. The molecular formula is C22H18F4N4O5. The second kappa shape index (κ2) is 9.68. The van der Waals surface area contributed by atoms with Gasteiger partial charge in [-0.15, -0.1) is 0 Å². The molecule has 0 N–H and O–H groups in total. The number of aromatic nitrogens is 2. The molecule has 0 bridgehead atoms. The Balaban J connectivity index is 1.54. The third kappa shape index (κ3) is 5.73. The van der Waals surface area contributed by atoms with Gasteiger partial charge in [-0.3, -0.25) is 14.9 Å². The number of alkyl halides is 3. The van der Waals surface area contributed by atoms with Crippen LogP contribution in [-0.4, -0.2) is 51.7 Å². The van der Waals surface area contributed by atoms with Crippen LogP contribution in [0.5, 0.6) is 5.75 Å². The summed E-state index contributed by atoms with van der Waals surface area (Å²) in [7, 11) is 0. The summed E-state index contributed by atoms with van der Waals surface area (Å²) < 4.78 is 60.9. The molecule has 2 aromatic carbocycles. The fourth-order valence-electron chi connectivity index (χ4n) is 3.78. The highest BCUT2D eigenvalue weighted by atomic mass is 19.4. The Morgan fingerprint density at radius 1 is 1.26 bits per heavy atom. The van der Waals surface area contributed by atoms with Crippen LogP contribution in [0.25, 0.3) is 11.4 Å². The van der Waals surface area contributed by atoms with Crippen molar-refractivity contribution in [3.63, 3.8) is 0 Å². The molecule has 1 aromatic heterocycles. The quantitative estimate of drug-likeness (QED) is 0.276. The van der Waals surface area contributed by atoms with E-state index in [1.54, 1.807) is 6.07 Å². The molecule has 1 aliphatic heterocycles. The number of carbonyl (C=O) groups excluding carboxylic acids is 1. The van der Waals surface area contributed by atoms with Gasteiger partial charge in [-0.1, -0.05) is 17.3 Å². The number of ether oxygens (including phenoxy) is 1. The molecule has 13 heteroatoms. The van der Waals surface area contributed by atoms with Gasteiger partial charge in [0.15, 0.2) is 6.61 Å². The maximum absolute atomic E-state index is 13.5. The number of amides is 1. The second-order valence-corrected chi connectivity index (χ2v) is 7.90. The van der Waals surface area contributed by atoms with Crippen LogP contribution in [0.15, 0.2) is 47.0 Å². The van der Waals surface area contributed by atoms with Crippen LogP contribution in [0.3, 0.4) is 0 Å². The first kappa shape index (κ1) is 24.1. The molecule has 3 aromatic rings. The zero-order chi connectivity index (χ0) is 25.2. The summed E-state index contributed by atoms with van der Waals surface area (Å²) in [5, 5.41) is 15.3. The number of rotatable bonds is 6. The molecule has 2 heterocycles. The van der Waals surface area contributed by atoms with Gasteiger partial charge in [-0.25, -0.2) is 4.39 Å². The topological polar surface area (TPSA) is 112 Å². The maximum Gasteiger partial charge on any atom is 0.422 e. The fourth-order valence-corrected chi connectivity index (χ4v) is 3.78. The van der Waals surface area contributed by atoms with Crippen LogP contribution in [0.1, 0.15) is 35.0 Å². The third-order valence-electron chi connectivity index (χ3n) is 5.38. The van der Waals surface area contributed by atoms with Crippen LogP contribution in [-0.2, 0) is 0 Å². The molecule has 9 nitrogen and oxygen atoms in total. The molecule has 1 unspecified atom stereocenters. The Morgan fingerprint density at radius 2 is 2.06 bits per heavy atom. The predicted octanol–water partition coefficient (Wildman–Crippen LogP) is 4.74. The smallest absolute Gasteiger partial charge is 0.422 e. The largest absolute Gasteiger partial charge is 0.484 e. The van der Waals surface area contributed by atoms with Crippen LogP contribution in [0, 0.1) is 15.9 Å². The highest BCUT2D eigenvalue weighted by molar-refractivity contribution is 5.98. The van der Waals surface area contributed by atoms with E-state index in [1.807, 2.05) is 0 Å². The Hall–Kier alpha value is -4.03. The molecule has 35 heavy (non-hydrogen) atoms. The molecule has 0 aliphatic carbocycles. The molecule has 0 spiro atoms. The molecular weight excluding hydrogens is 476 g/mol. The van der Waals surface area contributed by atoms with Crippen LogP contribution in [0.4, 0.5) is 23.2 Å². The van der Waals surface area contributed by atoms with E-state index in [9.17, 15) is 32.5 Å². The third-order valence-corrected chi connectivity index (χ3v) is 5.38. The lowest BCUT2D eigenvalue weighted by Gasteiger charge is -2.31. The summed E-state index contributed by atoms with van der Waals surface area (Å²) in [5.74, 6) is -1.51. The number of nitro groups is 1. The van der Waals surface area contributed by atoms with Crippen molar-refractivity contribution in [2.75, 3.05) is 19.7 Å². The molecule has 1 saturated heterocycles. The molecule has 0 saturated carbocycles. The van der Waals surface area contributed by atoms with Gasteiger partial charge >= 0.3 is 6.18 Å². The zero-order valence-electron chi connectivity index (χ0n) is 18.0. The molecule has 4 rings (SSSR count). The lowest BCUT2D eigenvalue weighted by atomic mass is 9.97. The lowest BCUT2D eigenvalue weighted by molar-refractivity contribution is -0.385. The molecule has 1 amide bonds. The lowest BCUT2D eigenvalue weighted by Crippen LogP contribution is -2.39. The Bertz CT molecular complexity index is 1250. The minimum atomic E-state index is -4.61. The molecule has 1 atom stereocenters. The fraction of sp³-hybridized carbons (Fsp3) is 0.318. The van der Waals surface area contributed by atoms with Crippen molar-refractivity contribution >= 4 is 11.6 Å². The van der Waals surface area contributed by atoms with Gasteiger partial charge in [-0.2, -0.15) is 18.2 Å². The van der Waals surface area contributed by atoms with E-state index in [-0.39, 0.29) is 42.0 Å². The van der Waals surface area contributed by atoms with Gasteiger partial charge in [0.05, 0.1) is 10.8 Å². The molecule has 184 valence electrons. The minimum absolute atomic E-state index is 0.0917. The number of carbonyl (C=O) groups is 1. The van der Waals surface area contributed by atoms with Gasteiger partial charge in [-0.05, 0) is 37.1 Å². The molecule has 1 aliphatic rings. The van der Waals surface area contributed by atoms with Crippen molar-refractivity contribution in [3.8, 4) is 17.1 Å². The van der Waals surface area contributed by atoms with Crippen molar-refractivity contribution in [3.05, 3.63) is 69.9 Å². The Labute approximate surface area is 195 Å². The van der Waals surface area contributed by atoms with E-state index in [0.29, 0.717) is 18.4 Å². The monoisotopic (exact) mass is 494 g/mol. The summed E-state index contributed by atoms with van der Waals surface area (Å²) in [6, 6.07) is 8.51. The number of hydrogen-bond donors (Lipinski definition) is 0. The number of piperidine rings is 1. The summed E-state index contributed by atoms with van der Waals surface area (Å²) in [6.07, 6.45) is -3.50. The number of nitrogens with zero attached hydrogens (tertiary/aromatic N) is 4. The highest BCUT2D eigenvalue weighted by Crippen LogP contribution is 2.31. The number of hydrogen-bond acceptors (Lipinski definition) is 7. The van der Waals surface area contributed by atoms with Crippen molar-refractivity contribution in [1.29, 1.82) is 0 Å². The average molecular weight is 494 g/mol. The SMILES string of the molecule is O=C(c1cc(OCC(F)(F)F)ccc1[N+](=O)[O-])N1CCCC(c2nc(-c3cccc(F)c3)no2)C1. The first-order valence-electron chi connectivity index (χ1n) is 10.5. The zero-order valence-corrected chi connectivity index (χ0v) is 18.0. The van der Waals surface area contributed by atoms with Crippen molar-refractivity contribution in [2.24, 2.45) is 0 Å². The van der Waals surface area contributed by atoms with Crippen molar-refractivity contribution in [1.82, 2.24) is 15.0 Å². The van der Waals surface area contributed by atoms with Crippen LogP contribution in [0.2, 0.25) is 0 Å². The van der Waals surface area contributed by atoms with Gasteiger partial charge in [0.25, 0.3) is 11.6 Å². The highest BCUT2D eigenvalue weighted by Gasteiger charge is 2.33. The van der Waals surface area contributed by atoms with Gasteiger partial charge in [0, 0.05) is 24.7 Å². The second-order valence-electron chi connectivity index (χ2n) is 7.90. The van der Waals surface area contributed by atoms with E-state index >= 15 is 0 Å². The number of likely N-dealkylation sites (tertiary alicyclic amines) is 1. The van der Waals surface area contributed by atoms with Gasteiger partial charge in [0.2, 0.25) is 11.7 Å². The maximum atomic E-state index is 13.5. The predicted molar refractivity (Wildman–Crippen MR) is 112 cm³/mol. The summed E-state index contributed by atoms with van der Waals surface area (Å²) in [6.45, 7) is -1.24. The normalized spacial score (nSPS) is 16.2. The number of benzene rings is 2. The average Bonchev–Trinajstić information content (AvgIpc) is 3.32.